The maximum Gasteiger partial charge on any atom is 0.243 e. The summed E-state index contributed by atoms with van der Waals surface area (Å²) in [6.45, 7) is 5.82. The smallest absolute Gasteiger partial charge is 0.243 e. The lowest BCUT2D eigenvalue weighted by atomic mass is 10.2. The van der Waals surface area contributed by atoms with Crippen LogP contribution >= 0.6 is 0 Å². The van der Waals surface area contributed by atoms with Crippen molar-refractivity contribution in [3.8, 4) is 5.75 Å². The number of rotatable bonds is 9. The summed E-state index contributed by atoms with van der Waals surface area (Å²) in [4.78, 5) is 26.5. The molecule has 0 unspecified atom stereocenters. The molecule has 1 fully saturated rings. The van der Waals surface area contributed by atoms with Gasteiger partial charge >= 0.3 is 0 Å². The van der Waals surface area contributed by atoms with E-state index in [1.54, 1.807) is 48.5 Å². The van der Waals surface area contributed by atoms with E-state index in [0.717, 1.165) is 11.3 Å². The molecule has 2 aromatic carbocycles. The van der Waals surface area contributed by atoms with Crippen molar-refractivity contribution in [2.75, 3.05) is 51.2 Å². The molecule has 0 bridgehead atoms. The summed E-state index contributed by atoms with van der Waals surface area (Å²) in [6.07, 6.45) is 0. The van der Waals surface area contributed by atoms with Gasteiger partial charge in [0, 0.05) is 31.9 Å². The van der Waals surface area contributed by atoms with Crippen LogP contribution in [0.15, 0.2) is 53.4 Å². The fourth-order valence-corrected chi connectivity index (χ4v) is 4.85. The van der Waals surface area contributed by atoms with Crippen LogP contribution in [-0.4, -0.2) is 75.3 Å². The predicted molar refractivity (Wildman–Crippen MR) is 126 cm³/mol. The van der Waals surface area contributed by atoms with Gasteiger partial charge in [-0.2, -0.15) is 4.31 Å². The third kappa shape index (κ3) is 7.01. The van der Waals surface area contributed by atoms with Crippen LogP contribution in [0.4, 0.5) is 5.69 Å². The van der Waals surface area contributed by atoms with E-state index in [-0.39, 0.29) is 29.8 Å². The maximum absolute atomic E-state index is 12.8. The quantitative estimate of drug-likeness (QED) is 0.570. The van der Waals surface area contributed by atoms with Gasteiger partial charge in [0.1, 0.15) is 5.75 Å². The second kappa shape index (κ2) is 11.3. The molecule has 1 aliphatic rings. The highest BCUT2D eigenvalue weighted by Crippen LogP contribution is 2.18. The molecule has 1 heterocycles. The standard InChI is InChI=1S/C23H30N4O5S/c1-3-32-20-8-6-19(7-9-20)25-22(28)16-24-23(29)17-26-12-14-27(15-13-26)33(30,31)21-10-4-18(2)5-11-21/h4-11H,3,12-17H2,1-2H3,(H,24,29)(H,25,28). The summed E-state index contributed by atoms with van der Waals surface area (Å²) in [5.74, 6) is 0.101. The third-order valence-corrected chi connectivity index (χ3v) is 7.17. The minimum absolute atomic E-state index is 0.106. The highest BCUT2D eigenvalue weighted by Gasteiger charge is 2.29. The van der Waals surface area contributed by atoms with Crippen LogP contribution in [0.5, 0.6) is 5.75 Å². The molecule has 0 radical (unpaired) electrons. The SMILES string of the molecule is CCOc1ccc(NC(=O)CNC(=O)CN2CCN(S(=O)(=O)c3ccc(C)cc3)CC2)cc1. The molecule has 0 atom stereocenters. The summed E-state index contributed by atoms with van der Waals surface area (Å²) in [5.41, 5.74) is 1.61. The lowest BCUT2D eigenvalue weighted by Crippen LogP contribution is -2.51. The van der Waals surface area contributed by atoms with Crippen molar-refractivity contribution in [2.45, 2.75) is 18.7 Å². The van der Waals surface area contributed by atoms with Gasteiger partial charge in [-0.3, -0.25) is 14.5 Å². The number of ether oxygens (including phenoxy) is 1. The Kier molecular flexibility index (Phi) is 8.43. The normalized spacial score (nSPS) is 15.1. The number of nitrogens with one attached hydrogen (secondary N) is 2. The number of aryl methyl sites for hydroxylation is 1. The lowest BCUT2D eigenvalue weighted by Gasteiger charge is -2.33. The van der Waals surface area contributed by atoms with Gasteiger partial charge in [-0.1, -0.05) is 17.7 Å². The van der Waals surface area contributed by atoms with Crippen molar-refractivity contribution >= 4 is 27.5 Å². The number of sulfonamides is 1. The molecule has 0 saturated carbocycles. The molecule has 3 rings (SSSR count). The van der Waals surface area contributed by atoms with Crippen molar-refractivity contribution in [3.63, 3.8) is 0 Å². The number of amides is 2. The van der Waals surface area contributed by atoms with Crippen molar-refractivity contribution in [3.05, 3.63) is 54.1 Å². The average molecular weight is 475 g/mol. The Bertz CT molecular complexity index is 1050. The number of hydrogen-bond acceptors (Lipinski definition) is 6. The minimum Gasteiger partial charge on any atom is -0.494 e. The van der Waals surface area contributed by atoms with Gasteiger partial charge in [-0.25, -0.2) is 8.42 Å². The van der Waals surface area contributed by atoms with Crippen molar-refractivity contribution in [2.24, 2.45) is 0 Å². The van der Waals surface area contributed by atoms with Crippen molar-refractivity contribution < 1.29 is 22.7 Å². The zero-order chi connectivity index (χ0) is 23.8. The van der Waals surface area contributed by atoms with Gasteiger partial charge in [-0.15, -0.1) is 0 Å². The van der Waals surface area contributed by atoms with Gasteiger partial charge < -0.3 is 15.4 Å². The Morgan fingerprint density at radius 1 is 0.939 bits per heavy atom. The minimum atomic E-state index is -3.54. The molecule has 178 valence electrons. The van der Waals surface area contributed by atoms with Crippen molar-refractivity contribution in [1.82, 2.24) is 14.5 Å². The summed E-state index contributed by atoms with van der Waals surface area (Å²) in [6, 6.07) is 13.8. The van der Waals surface area contributed by atoms with Gasteiger partial charge in [0.05, 0.1) is 24.6 Å². The molecule has 0 aliphatic carbocycles. The van der Waals surface area contributed by atoms with E-state index in [0.29, 0.717) is 38.5 Å². The molecule has 1 saturated heterocycles. The van der Waals surface area contributed by atoms with E-state index < -0.39 is 10.0 Å². The average Bonchev–Trinajstić information content (AvgIpc) is 2.80. The molecular weight excluding hydrogens is 444 g/mol. The second-order valence-electron chi connectivity index (χ2n) is 7.78. The van der Waals surface area contributed by atoms with Crippen LogP contribution < -0.4 is 15.4 Å². The van der Waals surface area contributed by atoms with E-state index in [2.05, 4.69) is 10.6 Å². The molecule has 33 heavy (non-hydrogen) atoms. The molecule has 10 heteroatoms. The molecule has 2 amide bonds. The number of hydrogen-bond donors (Lipinski definition) is 2. The monoisotopic (exact) mass is 474 g/mol. The highest BCUT2D eigenvalue weighted by molar-refractivity contribution is 7.89. The Labute approximate surface area is 194 Å². The van der Waals surface area contributed by atoms with Crippen LogP contribution in [0.3, 0.4) is 0 Å². The first-order valence-corrected chi connectivity index (χ1v) is 12.3. The third-order valence-electron chi connectivity index (χ3n) is 5.25. The fourth-order valence-electron chi connectivity index (χ4n) is 3.43. The largest absolute Gasteiger partial charge is 0.494 e. The molecule has 1 aliphatic heterocycles. The Morgan fingerprint density at radius 2 is 1.58 bits per heavy atom. The van der Waals surface area contributed by atoms with E-state index in [9.17, 15) is 18.0 Å². The van der Waals surface area contributed by atoms with Gasteiger partial charge in [-0.05, 0) is 50.2 Å². The summed E-state index contributed by atoms with van der Waals surface area (Å²) >= 11 is 0. The maximum atomic E-state index is 12.8. The van der Waals surface area contributed by atoms with Crippen LogP contribution in [0.25, 0.3) is 0 Å². The predicted octanol–water partition coefficient (Wildman–Crippen LogP) is 1.45. The number of carbonyl (C=O) groups excluding carboxylic acids is 2. The Morgan fingerprint density at radius 3 is 2.18 bits per heavy atom. The zero-order valence-electron chi connectivity index (χ0n) is 18.9. The van der Waals surface area contributed by atoms with Crippen LogP contribution in [0, 0.1) is 6.92 Å². The van der Waals surface area contributed by atoms with Crippen LogP contribution in [-0.2, 0) is 19.6 Å². The number of anilines is 1. The summed E-state index contributed by atoms with van der Waals surface area (Å²) < 4.78 is 32.4. The zero-order valence-corrected chi connectivity index (χ0v) is 19.7. The molecule has 0 spiro atoms. The Hall–Kier alpha value is -2.95. The summed E-state index contributed by atoms with van der Waals surface area (Å²) in [5, 5.41) is 5.32. The fraction of sp³-hybridized carbons (Fsp3) is 0.391. The number of carbonyl (C=O) groups is 2. The first-order chi connectivity index (χ1) is 15.8. The first-order valence-electron chi connectivity index (χ1n) is 10.9. The molecule has 2 N–H and O–H groups in total. The lowest BCUT2D eigenvalue weighted by molar-refractivity contribution is -0.125. The summed E-state index contributed by atoms with van der Waals surface area (Å²) in [7, 11) is -3.54. The molecule has 0 aromatic heterocycles. The molecular formula is C23H30N4O5S. The topological polar surface area (TPSA) is 108 Å². The Balaban J connectivity index is 1.40. The van der Waals surface area contributed by atoms with E-state index in [1.165, 1.54) is 4.31 Å². The number of nitrogens with zero attached hydrogens (tertiary/aromatic N) is 2. The van der Waals surface area contributed by atoms with E-state index in [4.69, 9.17) is 4.74 Å². The van der Waals surface area contributed by atoms with Crippen molar-refractivity contribution in [1.29, 1.82) is 0 Å². The number of piperazine rings is 1. The first kappa shape index (κ1) is 24.7. The second-order valence-corrected chi connectivity index (χ2v) is 9.71. The van der Waals surface area contributed by atoms with Gasteiger partial charge in [0.25, 0.3) is 0 Å². The number of benzene rings is 2. The van der Waals surface area contributed by atoms with Crippen LogP contribution in [0.2, 0.25) is 0 Å². The molecule has 9 nitrogen and oxygen atoms in total. The van der Waals surface area contributed by atoms with Crippen LogP contribution in [0.1, 0.15) is 12.5 Å². The van der Waals surface area contributed by atoms with E-state index >= 15 is 0 Å². The van der Waals surface area contributed by atoms with Gasteiger partial charge in [0.2, 0.25) is 21.8 Å². The van der Waals surface area contributed by atoms with E-state index in [1.807, 2.05) is 18.7 Å². The molecule has 2 aromatic rings. The highest BCUT2D eigenvalue weighted by atomic mass is 32.2. The van der Waals surface area contributed by atoms with Gasteiger partial charge in [0.15, 0.2) is 0 Å².